The van der Waals surface area contributed by atoms with Crippen LogP contribution in [0.1, 0.15) is 21.5 Å². The highest BCUT2D eigenvalue weighted by Gasteiger charge is 2.22. The molecule has 3 rings (SSSR count). The van der Waals surface area contributed by atoms with Crippen molar-refractivity contribution in [3.63, 3.8) is 0 Å². The van der Waals surface area contributed by atoms with Gasteiger partial charge in [-0.1, -0.05) is 24.3 Å². The Bertz CT molecular complexity index is 736. The van der Waals surface area contributed by atoms with Crippen molar-refractivity contribution in [1.82, 2.24) is 0 Å². The number of nitrogens with zero attached hydrogens (tertiary/aromatic N) is 1. The molecule has 20 heavy (non-hydrogen) atoms. The number of nitriles is 1. The highest BCUT2D eigenvalue weighted by Crippen LogP contribution is 2.27. The van der Waals surface area contributed by atoms with Gasteiger partial charge in [0.2, 0.25) is 0 Å². The molecule has 96 valence electrons. The van der Waals surface area contributed by atoms with Crippen molar-refractivity contribution in [3.8, 4) is 11.8 Å². The van der Waals surface area contributed by atoms with Crippen LogP contribution in [0.25, 0.3) is 6.08 Å². The van der Waals surface area contributed by atoms with Gasteiger partial charge in [-0.25, -0.2) is 0 Å². The van der Waals surface area contributed by atoms with Gasteiger partial charge in [-0.15, -0.1) is 0 Å². The standard InChI is InChI=1S/C17H11NO2/c18-10-13-7-5-12(6-8-13)9-14-11-20-16-4-2-1-3-15(16)17(14)19/h1-9H,11H2/b14-9+. The Morgan fingerprint density at radius 1 is 1.10 bits per heavy atom. The van der Waals surface area contributed by atoms with Gasteiger partial charge in [0.1, 0.15) is 12.4 Å². The molecule has 0 atom stereocenters. The second-order valence-corrected chi connectivity index (χ2v) is 4.52. The summed E-state index contributed by atoms with van der Waals surface area (Å²) in [5, 5.41) is 8.76. The molecule has 0 bridgehead atoms. The molecule has 0 saturated heterocycles. The minimum absolute atomic E-state index is 0.00351. The van der Waals surface area contributed by atoms with Gasteiger partial charge in [0, 0.05) is 5.57 Å². The van der Waals surface area contributed by atoms with Gasteiger partial charge in [0.25, 0.3) is 0 Å². The molecule has 3 heteroatoms. The topological polar surface area (TPSA) is 50.1 Å². The average Bonchev–Trinajstić information content (AvgIpc) is 2.51. The largest absolute Gasteiger partial charge is 0.488 e. The average molecular weight is 261 g/mol. The molecule has 0 radical (unpaired) electrons. The van der Waals surface area contributed by atoms with Crippen LogP contribution in [0.5, 0.6) is 5.75 Å². The summed E-state index contributed by atoms with van der Waals surface area (Å²) in [4.78, 5) is 12.3. The first kappa shape index (κ1) is 12.2. The third-order valence-electron chi connectivity index (χ3n) is 3.19. The van der Waals surface area contributed by atoms with Gasteiger partial charge in [0.15, 0.2) is 5.78 Å². The van der Waals surface area contributed by atoms with Crippen molar-refractivity contribution in [3.05, 3.63) is 70.8 Å². The lowest BCUT2D eigenvalue weighted by molar-refractivity contribution is 0.100. The number of benzene rings is 2. The van der Waals surface area contributed by atoms with E-state index in [1.165, 1.54) is 0 Å². The van der Waals surface area contributed by atoms with E-state index in [4.69, 9.17) is 10.00 Å². The predicted octanol–water partition coefficient (Wildman–Crippen LogP) is 3.22. The van der Waals surface area contributed by atoms with Crippen molar-refractivity contribution in [2.45, 2.75) is 0 Å². The Kier molecular flexibility index (Phi) is 3.06. The molecule has 0 N–H and O–H groups in total. The molecule has 1 aliphatic heterocycles. The number of para-hydroxylation sites is 1. The summed E-state index contributed by atoms with van der Waals surface area (Å²) in [6, 6.07) is 16.4. The molecule has 0 aromatic heterocycles. The predicted molar refractivity (Wildman–Crippen MR) is 75.4 cm³/mol. The highest BCUT2D eigenvalue weighted by molar-refractivity contribution is 6.14. The molecule has 0 unspecified atom stereocenters. The van der Waals surface area contributed by atoms with Crippen molar-refractivity contribution >= 4 is 11.9 Å². The second-order valence-electron chi connectivity index (χ2n) is 4.52. The van der Waals surface area contributed by atoms with E-state index in [1.807, 2.05) is 24.3 Å². The zero-order valence-corrected chi connectivity index (χ0v) is 10.7. The first-order valence-electron chi connectivity index (χ1n) is 6.25. The molecular weight excluding hydrogens is 250 g/mol. The van der Waals surface area contributed by atoms with Gasteiger partial charge < -0.3 is 4.74 Å². The van der Waals surface area contributed by atoms with E-state index in [0.717, 1.165) is 5.56 Å². The Balaban J connectivity index is 1.94. The van der Waals surface area contributed by atoms with Crippen LogP contribution in [-0.2, 0) is 0 Å². The van der Waals surface area contributed by atoms with E-state index >= 15 is 0 Å². The smallest absolute Gasteiger partial charge is 0.196 e. The van der Waals surface area contributed by atoms with Gasteiger partial charge in [-0.3, -0.25) is 4.79 Å². The number of rotatable bonds is 1. The van der Waals surface area contributed by atoms with Crippen molar-refractivity contribution in [1.29, 1.82) is 5.26 Å². The van der Waals surface area contributed by atoms with Gasteiger partial charge in [-0.2, -0.15) is 5.26 Å². The van der Waals surface area contributed by atoms with E-state index in [1.54, 1.807) is 30.3 Å². The zero-order valence-electron chi connectivity index (χ0n) is 10.7. The summed E-state index contributed by atoms with van der Waals surface area (Å²) in [7, 11) is 0. The van der Waals surface area contributed by atoms with Gasteiger partial charge in [-0.05, 0) is 35.9 Å². The van der Waals surface area contributed by atoms with Crippen LogP contribution in [0.3, 0.4) is 0 Å². The monoisotopic (exact) mass is 261 g/mol. The van der Waals surface area contributed by atoms with Crippen LogP contribution in [0, 0.1) is 11.3 Å². The lowest BCUT2D eigenvalue weighted by atomic mass is 9.98. The van der Waals surface area contributed by atoms with Gasteiger partial charge >= 0.3 is 0 Å². The SMILES string of the molecule is N#Cc1ccc(/C=C2\COc3ccccc3C2=O)cc1. The molecule has 0 spiro atoms. The number of ether oxygens (including phenoxy) is 1. The number of Topliss-reactive ketones (excluding diaryl/α,β-unsaturated/α-hetero) is 1. The normalized spacial score (nSPS) is 15.3. The number of hydrogen-bond donors (Lipinski definition) is 0. The highest BCUT2D eigenvalue weighted by atomic mass is 16.5. The fourth-order valence-electron chi connectivity index (χ4n) is 2.14. The summed E-state index contributed by atoms with van der Waals surface area (Å²) in [5.41, 5.74) is 2.70. The molecule has 3 nitrogen and oxygen atoms in total. The Hall–Kier alpha value is -2.86. The summed E-state index contributed by atoms with van der Waals surface area (Å²) in [6.45, 7) is 0.274. The van der Waals surface area contributed by atoms with E-state index in [-0.39, 0.29) is 12.4 Å². The minimum atomic E-state index is -0.00351. The second kappa shape index (κ2) is 5.02. The molecule has 1 heterocycles. The lowest BCUT2D eigenvalue weighted by Gasteiger charge is -2.18. The van der Waals surface area contributed by atoms with E-state index in [2.05, 4.69) is 6.07 Å². The number of carbonyl (C=O) groups excluding carboxylic acids is 1. The van der Waals surface area contributed by atoms with Crippen LogP contribution in [0.2, 0.25) is 0 Å². The minimum Gasteiger partial charge on any atom is -0.488 e. The van der Waals surface area contributed by atoms with E-state index in [0.29, 0.717) is 22.4 Å². The third kappa shape index (κ3) is 2.19. The maximum absolute atomic E-state index is 12.3. The Labute approximate surface area is 116 Å². The summed E-state index contributed by atoms with van der Waals surface area (Å²) in [6.07, 6.45) is 1.80. The summed E-state index contributed by atoms with van der Waals surface area (Å²) in [5.74, 6) is 0.630. The maximum atomic E-state index is 12.3. The zero-order chi connectivity index (χ0) is 13.9. The van der Waals surface area contributed by atoms with Crippen LogP contribution in [-0.4, -0.2) is 12.4 Å². The molecule has 0 fully saturated rings. The van der Waals surface area contributed by atoms with Crippen LogP contribution in [0.4, 0.5) is 0 Å². The maximum Gasteiger partial charge on any atom is 0.196 e. The molecule has 0 amide bonds. The van der Waals surface area contributed by atoms with E-state index in [9.17, 15) is 4.79 Å². The summed E-state index contributed by atoms with van der Waals surface area (Å²) < 4.78 is 5.58. The number of hydrogen-bond acceptors (Lipinski definition) is 3. The van der Waals surface area contributed by atoms with Crippen LogP contribution in [0.15, 0.2) is 54.1 Å². The van der Waals surface area contributed by atoms with Gasteiger partial charge in [0.05, 0.1) is 17.2 Å². The molecule has 1 aliphatic rings. The lowest BCUT2D eigenvalue weighted by Crippen LogP contribution is -2.18. The van der Waals surface area contributed by atoms with Crippen LogP contribution < -0.4 is 4.74 Å². The fourth-order valence-corrected chi connectivity index (χ4v) is 2.14. The Morgan fingerprint density at radius 2 is 1.85 bits per heavy atom. The quantitative estimate of drug-likeness (QED) is 0.740. The number of fused-ring (bicyclic) bond motifs is 1. The molecule has 0 aliphatic carbocycles. The number of carbonyl (C=O) groups is 1. The van der Waals surface area contributed by atoms with Crippen LogP contribution >= 0.6 is 0 Å². The van der Waals surface area contributed by atoms with Crippen molar-refractivity contribution in [2.75, 3.05) is 6.61 Å². The Morgan fingerprint density at radius 3 is 2.60 bits per heavy atom. The molecule has 0 saturated carbocycles. The fraction of sp³-hybridized carbons (Fsp3) is 0.0588. The van der Waals surface area contributed by atoms with Crippen molar-refractivity contribution < 1.29 is 9.53 Å². The molecule has 2 aromatic carbocycles. The van der Waals surface area contributed by atoms with Crippen molar-refractivity contribution in [2.24, 2.45) is 0 Å². The third-order valence-corrected chi connectivity index (χ3v) is 3.19. The first-order valence-corrected chi connectivity index (χ1v) is 6.25. The number of ketones is 1. The summed E-state index contributed by atoms with van der Waals surface area (Å²) >= 11 is 0. The first-order chi connectivity index (χ1) is 9.78. The molecular formula is C17H11NO2. The molecule has 2 aromatic rings. The van der Waals surface area contributed by atoms with E-state index < -0.39 is 0 Å².